The molecule has 3 rings (SSSR count). The smallest absolute Gasteiger partial charge is 0.262 e. The number of benzene rings is 2. The van der Waals surface area contributed by atoms with Crippen molar-refractivity contribution < 1.29 is 19.2 Å². The summed E-state index contributed by atoms with van der Waals surface area (Å²) < 4.78 is 10.7. The highest BCUT2D eigenvalue weighted by atomic mass is 35.5. The molecule has 2 N–H and O–H groups in total. The molecule has 1 fully saturated rings. The van der Waals surface area contributed by atoms with Crippen LogP contribution in [0.1, 0.15) is 6.92 Å². The van der Waals surface area contributed by atoms with Gasteiger partial charge in [-0.3, -0.25) is 4.79 Å². The van der Waals surface area contributed by atoms with Crippen molar-refractivity contribution in [2.45, 2.75) is 6.92 Å². The molecular formula is C21H27ClN3O3+. The number of quaternary nitrogens is 1. The van der Waals surface area contributed by atoms with Crippen molar-refractivity contribution in [2.24, 2.45) is 0 Å². The van der Waals surface area contributed by atoms with Crippen LogP contribution in [0.3, 0.4) is 0 Å². The number of halogens is 1. The van der Waals surface area contributed by atoms with Gasteiger partial charge in [-0.25, -0.2) is 0 Å². The molecule has 28 heavy (non-hydrogen) atoms. The second kappa shape index (κ2) is 9.66. The van der Waals surface area contributed by atoms with Crippen molar-refractivity contribution in [3.63, 3.8) is 0 Å². The molecule has 0 bridgehead atoms. The Morgan fingerprint density at radius 2 is 1.82 bits per heavy atom. The summed E-state index contributed by atoms with van der Waals surface area (Å²) >= 11 is 6.48. The quantitative estimate of drug-likeness (QED) is 0.742. The Morgan fingerprint density at radius 3 is 2.46 bits per heavy atom. The normalized spacial score (nSPS) is 14.6. The molecular weight excluding hydrogens is 378 g/mol. The molecule has 2 aromatic carbocycles. The van der Waals surface area contributed by atoms with Gasteiger partial charge in [0.1, 0.15) is 11.5 Å². The van der Waals surface area contributed by atoms with E-state index in [1.807, 2.05) is 18.2 Å². The van der Waals surface area contributed by atoms with Gasteiger partial charge in [0, 0.05) is 0 Å². The molecule has 0 radical (unpaired) electrons. The van der Waals surface area contributed by atoms with Crippen molar-refractivity contribution in [2.75, 3.05) is 56.7 Å². The SMILES string of the molecule is CC[NH+]1CCN(c2c(Cl)cccc2NC(=O)COc2ccc(OC)cc2)CC1. The number of nitrogens with one attached hydrogen (secondary N) is 2. The number of methoxy groups -OCH3 is 1. The lowest BCUT2D eigenvalue weighted by Crippen LogP contribution is -3.14. The van der Waals surface area contributed by atoms with Crippen LogP contribution < -0.4 is 24.6 Å². The molecule has 0 aromatic heterocycles. The number of ether oxygens (including phenoxy) is 2. The molecule has 0 spiro atoms. The number of likely N-dealkylation sites (N-methyl/N-ethyl adjacent to an activating group) is 1. The third-order valence-electron chi connectivity index (χ3n) is 4.98. The first-order valence-corrected chi connectivity index (χ1v) is 9.92. The Hall–Kier alpha value is -2.44. The molecule has 0 aliphatic carbocycles. The number of piperazine rings is 1. The predicted molar refractivity (Wildman–Crippen MR) is 112 cm³/mol. The van der Waals surface area contributed by atoms with E-state index in [4.69, 9.17) is 21.1 Å². The Bertz CT molecular complexity index is 790. The summed E-state index contributed by atoms with van der Waals surface area (Å²) in [5.74, 6) is 1.13. The number of carbonyl (C=O) groups excluding carboxylic acids is 1. The number of anilines is 2. The minimum Gasteiger partial charge on any atom is -0.497 e. The summed E-state index contributed by atoms with van der Waals surface area (Å²) in [5.41, 5.74) is 1.60. The summed E-state index contributed by atoms with van der Waals surface area (Å²) in [7, 11) is 1.61. The second-order valence-corrected chi connectivity index (χ2v) is 7.15. The first-order chi connectivity index (χ1) is 13.6. The molecule has 0 atom stereocenters. The molecule has 0 saturated carbocycles. The maximum absolute atomic E-state index is 12.4. The number of hydrogen-bond donors (Lipinski definition) is 2. The lowest BCUT2D eigenvalue weighted by Gasteiger charge is -2.34. The largest absolute Gasteiger partial charge is 0.497 e. The molecule has 1 amide bonds. The lowest BCUT2D eigenvalue weighted by atomic mass is 10.2. The number of nitrogens with zero attached hydrogens (tertiary/aromatic N) is 1. The van der Waals surface area contributed by atoms with E-state index >= 15 is 0 Å². The second-order valence-electron chi connectivity index (χ2n) is 6.74. The van der Waals surface area contributed by atoms with Gasteiger partial charge in [0.2, 0.25) is 0 Å². The van der Waals surface area contributed by atoms with Crippen molar-refractivity contribution in [1.82, 2.24) is 0 Å². The monoisotopic (exact) mass is 404 g/mol. The third-order valence-corrected chi connectivity index (χ3v) is 5.28. The Labute approximate surface area is 171 Å². The van der Waals surface area contributed by atoms with Crippen LogP contribution in [0.25, 0.3) is 0 Å². The standard InChI is InChI=1S/C21H26ClN3O3/c1-3-24-11-13-25(14-12-24)21-18(22)5-4-6-19(21)23-20(26)15-28-17-9-7-16(27-2)8-10-17/h4-10H,3,11-15H2,1-2H3,(H,23,26)/p+1. The van der Waals surface area contributed by atoms with Crippen LogP contribution in [-0.4, -0.2) is 52.3 Å². The fourth-order valence-corrected chi connectivity index (χ4v) is 3.64. The highest BCUT2D eigenvalue weighted by Gasteiger charge is 2.23. The van der Waals surface area contributed by atoms with E-state index in [1.165, 1.54) is 0 Å². The molecule has 1 heterocycles. The van der Waals surface area contributed by atoms with Crippen LogP contribution in [0.4, 0.5) is 11.4 Å². The van der Waals surface area contributed by atoms with E-state index < -0.39 is 0 Å². The number of para-hydroxylation sites is 1. The summed E-state index contributed by atoms with van der Waals surface area (Å²) in [6.45, 7) is 7.21. The zero-order valence-electron chi connectivity index (χ0n) is 16.3. The average Bonchev–Trinajstić information content (AvgIpc) is 2.73. The van der Waals surface area contributed by atoms with Crippen LogP contribution in [0, 0.1) is 0 Å². The highest BCUT2D eigenvalue weighted by molar-refractivity contribution is 6.34. The Morgan fingerprint density at radius 1 is 1.14 bits per heavy atom. The first kappa shape index (κ1) is 20.3. The highest BCUT2D eigenvalue weighted by Crippen LogP contribution is 2.34. The maximum Gasteiger partial charge on any atom is 0.262 e. The summed E-state index contributed by atoms with van der Waals surface area (Å²) in [6.07, 6.45) is 0. The minimum atomic E-state index is -0.225. The average molecular weight is 405 g/mol. The predicted octanol–water partition coefficient (Wildman–Crippen LogP) is 2.09. The van der Waals surface area contributed by atoms with Gasteiger partial charge in [-0.2, -0.15) is 0 Å². The van der Waals surface area contributed by atoms with E-state index in [9.17, 15) is 4.79 Å². The van der Waals surface area contributed by atoms with Crippen molar-refractivity contribution in [3.05, 3.63) is 47.5 Å². The Balaban J connectivity index is 1.63. The van der Waals surface area contributed by atoms with Gasteiger partial charge in [0.15, 0.2) is 6.61 Å². The van der Waals surface area contributed by atoms with Crippen molar-refractivity contribution in [1.29, 1.82) is 0 Å². The molecule has 2 aromatic rings. The molecule has 150 valence electrons. The van der Waals surface area contributed by atoms with Crippen LogP contribution in [-0.2, 0) is 4.79 Å². The van der Waals surface area contributed by atoms with E-state index in [0.717, 1.165) is 49.8 Å². The van der Waals surface area contributed by atoms with Gasteiger partial charge in [-0.1, -0.05) is 17.7 Å². The fourth-order valence-electron chi connectivity index (χ4n) is 3.34. The first-order valence-electron chi connectivity index (χ1n) is 9.54. The van der Waals surface area contributed by atoms with Crippen LogP contribution in [0.2, 0.25) is 5.02 Å². The van der Waals surface area contributed by atoms with Crippen LogP contribution in [0.15, 0.2) is 42.5 Å². The van der Waals surface area contributed by atoms with Gasteiger partial charge in [-0.15, -0.1) is 0 Å². The third kappa shape index (κ3) is 5.09. The van der Waals surface area contributed by atoms with Gasteiger partial charge in [-0.05, 0) is 43.3 Å². The fraction of sp³-hybridized carbons (Fsp3) is 0.381. The van der Waals surface area contributed by atoms with Crippen molar-refractivity contribution in [3.8, 4) is 11.5 Å². The Kier molecular flexibility index (Phi) is 7.01. The van der Waals surface area contributed by atoms with E-state index in [1.54, 1.807) is 36.3 Å². The molecule has 1 aliphatic rings. The molecule has 0 unspecified atom stereocenters. The summed E-state index contributed by atoms with van der Waals surface area (Å²) in [4.78, 5) is 16.3. The number of hydrogen-bond acceptors (Lipinski definition) is 4. The van der Waals surface area contributed by atoms with Crippen LogP contribution in [0.5, 0.6) is 11.5 Å². The number of amides is 1. The topological polar surface area (TPSA) is 55.2 Å². The number of carbonyl (C=O) groups is 1. The molecule has 7 heteroatoms. The zero-order chi connectivity index (χ0) is 19.9. The van der Waals surface area contributed by atoms with Crippen molar-refractivity contribution >= 4 is 28.9 Å². The van der Waals surface area contributed by atoms with E-state index in [0.29, 0.717) is 10.8 Å². The van der Waals surface area contributed by atoms with Gasteiger partial charge < -0.3 is 24.6 Å². The van der Waals surface area contributed by atoms with Crippen LogP contribution >= 0.6 is 11.6 Å². The molecule has 1 saturated heterocycles. The summed E-state index contributed by atoms with van der Waals surface area (Å²) in [6, 6.07) is 12.7. The van der Waals surface area contributed by atoms with Gasteiger partial charge >= 0.3 is 0 Å². The minimum absolute atomic E-state index is 0.0773. The molecule has 1 aliphatic heterocycles. The van der Waals surface area contributed by atoms with E-state index in [2.05, 4.69) is 17.1 Å². The lowest BCUT2D eigenvalue weighted by molar-refractivity contribution is -0.898. The summed E-state index contributed by atoms with van der Waals surface area (Å²) in [5, 5.41) is 3.59. The molecule has 6 nitrogen and oxygen atoms in total. The van der Waals surface area contributed by atoms with Gasteiger partial charge in [0.25, 0.3) is 5.91 Å². The zero-order valence-corrected chi connectivity index (χ0v) is 17.1. The maximum atomic E-state index is 12.4. The van der Waals surface area contributed by atoms with Gasteiger partial charge in [0.05, 0.1) is 56.2 Å². The number of rotatable bonds is 7. The van der Waals surface area contributed by atoms with E-state index in [-0.39, 0.29) is 12.5 Å².